The SMILES string of the molecule is O=c1[nH]c2ccccc2n1C1CCN(Cc2cccc(OC(F)F)c2)CC1. The topological polar surface area (TPSA) is 50.3 Å². The van der Waals surface area contributed by atoms with E-state index in [2.05, 4.69) is 14.6 Å². The number of likely N-dealkylation sites (tertiary alicyclic amines) is 1. The van der Waals surface area contributed by atoms with E-state index >= 15 is 0 Å². The Bertz CT molecular complexity index is 975. The lowest BCUT2D eigenvalue weighted by Crippen LogP contribution is -2.36. The molecule has 0 spiro atoms. The number of hydrogen-bond donors (Lipinski definition) is 1. The van der Waals surface area contributed by atoms with Crippen LogP contribution in [0.15, 0.2) is 53.3 Å². The van der Waals surface area contributed by atoms with Crippen molar-refractivity contribution in [2.75, 3.05) is 13.1 Å². The molecule has 27 heavy (non-hydrogen) atoms. The summed E-state index contributed by atoms with van der Waals surface area (Å²) in [5, 5.41) is 0. The van der Waals surface area contributed by atoms with Crippen LogP contribution in [-0.4, -0.2) is 34.2 Å². The van der Waals surface area contributed by atoms with Crippen molar-refractivity contribution in [2.24, 2.45) is 0 Å². The molecule has 4 rings (SSSR count). The number of nitrogens with one attached hydrogen (secondary N) is 1. The highest BCUT2D eigenvalue weighted by Gasteiger charge is 2.23. The second kappa shape index (κ2) is 7.52. The first-order chi connectivity index (χ1) is 13.1. The van der Waals surface area contributed by atoms with Gasteiger partial charge in [0.15, 0.2) is 0 Å². The Morgan fingerprint density at radius 1 is 1.11 bits per heavy atom. The van der Waals surface area contributed by atoms with Gasteiger partial charge < -0.3 is 9.72 Å². The van der Waals surface area contributed by atoms with Gasteiger partial charge in [-0.2, -0.15) is 8.78 Å². The van der Waals surface area contributed by atoms with Gasteiger partial charge in [0.1, 0.15) is 5.75 Å². The summed E-state index contributed by atoms with van der Waals surface area (Å²) in [7, 11) is 0. The predicted molar refractivity (Wildman–Crippen MR) is 99.2 cm³/mol. The highest BCUT2D eigenvalue weighted by atomic mass is 19.3. The molecular weight excluding hydrogens is 352 g/mol. The molecule has 3 aromatic rings. The Morgan fingerprint density at radius 2 is 1.89 bits per heavy atom. The quantitative estimate of drug-likeness (QED) is 0.741. The molecule has 142 valence electrons. The number of halogens is 2. The molecule has 2 aromatic carbocycles. The summed E-state index contributed by atoms with van der Waals surface area (Å²) in [6.45, 7) is -0.450. The Hall–Kier alpha value is -2.67. The zero-order chi connectivity index (χ0) is 18.8. The number of hydrogen-bond acceptors (Lipinski definition) is 3. The van der Waals surface area contributed by atoms with Gasteiger partial charge in [-0.1, -0.05) is 24.3 Å². The van der Waals surface area contributed by atoms with E-state index in [1.54, 1.807) is 12.1 Å². The Kier molecular flexibility index (Phi) is 4.94. The normalized spacial score (nSPS) is 16.3. The van der Waals surface area contributed by atoms with E-state index in [9.17, 15) is 13.6 Å². The van der Waals surface area contributed by atoms with Crippen molar-refractivity contribution < 1.29 is 13.5 Å². The highest BCUT2D eigenvalue weighted by molar-refractivity contribution is 5.75. The van der Waals surface area contributed by atoms with Crippen LogP contribution in [0.1, 0.15) is 24.4 Å². The van der Waals surface area contributed by atoms with Gasteiger partial charge in [-0.05, 0) is 42.7 Å². The summed E-state index contributed by atoms with van der Waals surface area (Å²) in [6, 6.07) is 14.7. The maximum Gasteiger partial charge on any atom is 0.387 e. The molecule has 5 nitrogen and oxygen atoms in total. The van der Waals surface area contributed by atoms with Crippen LogP contribution >= 0.6 is 0 Å². The van der Waals surface area contributed by atoms with Crippen molar-refractivity contribution >= 4 is 11.0 Å². The number of benzene rings is 2. The third-order valence-electron chi connectivity index (χ3n) is 5.08. The van der Waals surface area contributed by atoms with E-state index < -0.39 is 6.61 Å². The van der Waals surface area contributed by atoms with Crippen LogP contribution in [0, 0.1) is 0 Å². The summed E-state index contributed by atoms with van der Waals surface area (Å²) in [4.78, 5) is 17.5. The van der Waals surface area contributed by atoms with Crippen molar-refractivity contribution in [1.29, 1.82) is 0 Å². The summed E-state index contributed by atoms with van der Waals surface area (Å²) < 4.78 is 31.1. The minimum absolute atomic E-state index is 0.0634. The number of H-pyrrole nitrogens is 1. The lowest BCUT2D eigenvalue weighted by molar-refractivity contribution is -0.0499. The largest absolute Gasteiger partial charge is 0.435 e. The number of piperidine rings is 1. The van der Waals surface area contributed by atoms with Crippen LogP contribution in [0.3, 0.4) is 0 Å². The van der Waals surface area contributed by atoms with Gasteiger partial charge in [0.2, 0.25) is 0 Å². The molecule has 0 saturated carbocycles. The zero-order valence-corrected chi connectivity index (χ0v) is 14.8. The Labute approximate surface area is 155 Å². The second-order valence-electron chi connectivity index (χ2n) is 6.85. The first kappa shape index (κ1) is 17.7. The van der Waals surface area contributed by atoms with E-state index in [4.69, 9.17) is 0 Å². The summed E-state index contributed by atoms with van der Waals surface area (Å²) >= 11 is 0. The molecule has 1 aliphatic heterocycles. The van der Waals surface area contributed by atoms with Gasteiger partial charge in [-0.15, -0.1) is 0 Å². The summed E-state index contributed by atoms with van der Waals surface area (Å²) in [6.07, 6.45) is 1.74. The number of imidazole rings is 1. The number of para-hydroxylation sites is 2. The van der Waals surface area contributed by atoms with Gasteiger partial charge in [0, 0.05) is 25.7 Å². The summed E-state index contributed by atoms with van der Waals surface area (Å²) in [5.41, 5.74) is 2.68. The van der Waals surface area contributed by atoms with E-state index in [-0.39, 0.29) is 17.5 Å². The fraction of sp³-hybridized carbons (Fsp3) is 0.350. The van der Waals surface area contributed by atoms with Gasteiger partial charge >= 0.3 is 12.3 Å². The molecule has 2 heterocycles. The monoisotopic (exact) mass is 373 g/mol. The zero-order valence-electron chi connectivity index (χ0n) is 14.8. The van der Waals surface area contributed by atoms with E-state index in [0.717, 1.165) is 42.5 Å². The van der Waals surface area contributed by atoms with Crippen LogP contribution in [0.25, 0.3) is 11.0 Å². The molecule has 0 radical (unpaired) electrons. The third kappa shape index (κ3) is 3.88. The minimum atomic E-state index is -2.81. The molecule has 0 unspecified atom stereocenters. The van der Waals surface area contributed by atoms with Crippen LogP contribution in [0.4, 0.5) is 8.78 Å². The number of fused-ring (bicyclic) bond motifs is 1. The molecule has 0 amide bonds. The van der Waals surface area contributed by atoms with Crippen LogP contribution < -0.4 is 10.4 Å². The lowest BCUT2D eigenvalue weighted by atomic mass is 10.0. The molecule has 1 aliphatic rings. The van der Waals surface area contributed by atoms with Crippen molar-refractivity contribution in [3.8, 4) is 5.75 Å². The number of alkyl halides is 2. The molecule has 1 N–H and O–H groups in total. The van der Waals surface area contributed by atoms with Crippen molar-refractivity contribution in [1.82, 2.24) is 14.5 Å². The van der Waals surface area contributed by atoms with Crippen LogP contribution in [-0.2, 0) is 6.54 Å². The molecule has 7 heteroatoms. The predicted octanol–water partition coefficient (Wildman–Crippen LogP) is 3.77. The van der Waals surface area contributed by atoms with E-state index in [1.165, 1.54) is 6.07 Å². The van der Waals surface area contributed by atoms with Crippen LogP contribution in [0.2, 0.25) is 0 Å². The van der Waals surface area contributed by atoms with E-state index in [0.29, 0.717) is 6.54 Å². The smallest absolute Gasteiger partial charge is 0.387 e. The molecule has 0 atom stereocenters. The number of nitrogens with zero attached hydrogens (tertiary/aromatic N) is 2. The maximum absolute atomic E-state index is 12.4. The fourth-order valence-corrected chi connectivity index (χ4v) is 3.85. The number of ether oxygens (including phenoxy) is 1. The number of aromatic amines is 1. The van der Waals surface area contributed by atoms with Gasteiger partial charge in [-0.3, -0.25) is 9.47 Å². The molecule has 0 aliphatic carbocycles. The van der Waals surface area contributed by atoms with Gasteiger partial charge in [0.25, 0.3) is 0 Å². The van der Waals surface area contributed by atoms with Crippen molar-refractivity contribution in [3.63, 3.8) is 0 Å². The first-order valence-corrected chi connectivity index (χ1v) is 9.05. The van der Waals surface area contributed by atoms with Gasteiger partial charge in [-0.25, -0.2) is 4.79 Å². The van der Waals surface area contributed by atoms with Crippen LogP contribution in [0.5, 0.6) is 5.75 Å². The lowest BCUT2D eigenvalue weighted by Gasteiger charge is -2.32. The molecule has 1 aromatic heterocycles. The Morgan fingerprint density at radius 3 is 2.67 bits per heavy atom. The number of aromatic nitrogens is 2. The second-order valence-corrected chi connectivity index (χ2v) is 6.85. The molecule has 1 saturated heterocycles. The molecule has 0 bridgehead atoms. The van der Waals surface area contributed by atoms with E-state index in [1.807, 2.05) is 34.9 Å². The highest BCUT2D eigenvalue weighted by Crippen LogP contribution is 2.26. The standard InChI is InChI=1S/C20H21F2N3O2/c21-19(22)27-16-5-3-4-14(12-16)13-24-10-8-15(9-11-24)25-18-7-2-1-6-17(18)23-20(25)26/h1-7,12,15,19H,8-11,13H2,(H,23,26). The Balaban J connectivity index is 1.42. The van der Waals surface area contributed by atoms with Crippen molar-refractivity contribution in [3.05, 3.63) is 64.6 Å². The van der Waals surface area contributed by atoms with Gasteiger partial charge in [0.05, 0.1) is 11.0 Å². The summed E-state index contributed by atoms with van der Waals surface area (Å²) in [5.74, 6) is 0.183. The average Bonchev–Trinajstić information content (AvgIpc) is 2.98. The molecular formula is C20H21F2N3O2. The number of rotatable bonds is 5. The average molecular weight is 373 g/mol. The third-order valence-corrected chi connectivity index (χ3v) is 5.08. The fourth-order valence-electron chi connectivity index (χ4n) is 3.85. The first-order valence-electron chi connectivity index (χ1n) is 9.05. The minimum Gasteiger partial charge on any atom is -0.435 e. The molecule has 1 fully saturated rings. The maximum atomic E-state index is 12.4. The van der Waals surface area contributed by atoms with Crippen molar-refractivity contribution in [2.45, 2.75) is 32.0 Å².